The smallest absolute Gasteiger partial charge is 0.251 e. The Kier molecular flexibility index (Phi) is 6.00. The SMILES string of the molecule is COc1ccc(OC[C@H](O)CNC(=O)c2ccc(C)cc2)cc1. The molecule has 122 valence electrons. The number of methoxy groups -OCH3 is 1. The lowest BCUT2D eigenvalue weighted by molar-refractivity contribution is 0.0843. The van der Waals surface area contributed by atoms with Gasteiger partial charge in [-0.15, -0.1) is 0 Å². The molecule has 1 amide bonds. The van der Waals surface area contributed by atoms with Crippen LogP contribution in [0, 0.1) is 6.92 Å². The molecule has 1 atom stereocenters. The summed E-state index contributed by atoms with van der Waals surface area (Å²) in [5, 5.41) is 12.6. The van der Waals surface area contributed by atoms with Gasteiger partial charge in [0.1, 0.15) is 24.2 Å². The molecule has 2 N–H and O–H groups in total. The fourth-order valence-corrected chi connectivity index (χ4v) is 1.94. The second-order valence-electron chi connectivity index (χ2n) is 5.22. The molecule has 0 aliphatic carbocycles. The van der Waals surface area contributed by atoms with Gasteiger partial charge in [0.15, 0.2) is 0 Å². The van der Waals surface area contributed by atoms with E-state index >= 15 is 0 Å². The van der Waals surface area contributed by atoms with E-state index in [4.69, 9.17) is 9.47 Å². The van der Waals surface area contributed by atoms with E-state index in [0.29, 0.717) is 11.3 Å². The van der Waals surface area contributed by atoms with Crippen molar-refractivity contribution in [1.29, 1.82) is 0 Å². The summed E-state index contributed by atoms with van der Waals surface area (Å²) in [7, 11) is 1.59. The Morgan fingerprint density at radius 2 is 1.70 bits per heavy atom. The quantitative estimate of drug-likeness (QED) is 0.822. The summed E-state index contributed by atoms with van der Waals surface area (Å²) in [6.45, 7) is 2.19. The molecule has 0 aliphatic rings. The standard InChI is InChI=1S/C18H21NO4/c1-13-3-5-14(6-4-13)18(21)19-11-15(20)12-23-17-9-7-16(22-2)8-10-17/h3-10,15,20H,11-12H2,1-2H3,(H,19,21)/t15-/m1/s1. The van der Waals surface area contributed by atoms with E-state index in [-0.39, 0.29) is 19.1 Å². The largest absolute Gasteiger partial charge is 0.497 e. The molecule has 2 aromatic carbocycles. The third-order valence-electron chi connectivity index (χ3n) is 3.31. The van der Waals surface area contributed by atoms with Crippen molar-refractivity contribution in [2.75, 3.05) is 20.3 Å². The van der Waals surface area contributed by atoms with Gasteiger partial charge in [0.2, 0.25) is 0 Å². The molecule has 0 unspecified atom stereocenters. The van der Waals surface area contributed by atoms with Crippen LogP contribution in [0.3, 0.4) is 0 Å². The van der Waals surface area contributed by atoms with Crippen molar-refractivity contribution in [2.45, 2.75) is 13.0 Å². The van der Waals surface area contributed by atoms with Crippen molar-refractivity contribution in [3.63, 3.8) is 0 Å². The number of aliphatic hydroxyl groups is 1. The van der Waals surface area contributed by atoms with Crippen molar-refractivity contribution in [3.05, 3.63) is 59.7 Å². The van der Waals surface area contributed by atoms with Crippen LogP contribution in [0.5, 0.6) is 11.5 Å². The minimum absolute atomic E-state index is 0.0977. The Hall–Kier alpha value is -2.53. The fraction of sp³-hybridized carbons (Fsp3) is 0.278. The van der Waals surface area contributed by atoms with Gasteiger partial charge in [0.25, 0.3) is 5.91 Å². The summed E-state index contributed by atoms with van der Waals surface area (Å²) in [5.41, 5.74) is 1.66. The van der Waals surface area contributed by atoms with E-state index in [9.17, 15) is 9.90 Å². The molecular formula is C18H21NO4. The van der Waals surface area contributed by atoms with Crippen LogP contribution in [0.25, 0.3) is 0 Å². The summed E-state index contributed by atoms with van der Waals surface area (Å²) < 4.78 is 10.5. The molecule has 0 fully saturated rings. The molecule has 2 aromatic rings. The van der Waals surface area contributed by atoms with Gasteiger partial charge in [0.05, 0.1) is 7.11 Å². The van der Waals surface area contributed by atoms with Crippen LogP contribution in [-0.4, -0.2) is 37.4 Å². The number of hydrogen-bond donors (Lipinski definition) is 2. The highest BCUT2D eigenvalue weighted by Gasteiger charge is 2.09. The van der Waals surface area contributed by atoms with Crippen LogP contribution in [0.15, 0.2) is 48.5 Å². The Bertz CT molecular complexity index is 622. The molecule has 0 aliphatic heterocycles. The molecular weight excluding hydrogens is 294 g/mol. The zero-order valence-electron chi connectivity index (χ0n) is 13.3. The number of rotatable bonds is 7. The first-order valence-electron chi connectivity index (χ1n) is 7.38. The minimum Gasteiger partial charge on any atom is -0.497 e. The molecule has 2 rings (SSSR count). The normalized spacial score (nSPS) is 11.6. The first kappa shape index (κ1) is 16.8. The van der Waals surface area contributed by atoms with Crippen molar-refractivity contribution >= 4 is 5.91 Å². The Morgan fingerprint density at radius 1 is 1.09 bits per heavy atom. The van der Waals surface area contributed by atoms with Crippen LogP contribution in [0.2, 0.25) is 0 Å². The van der Waals surface area contributed by atoms with Gasteiger partial charge < -0.3 is 19.9 Å². The van der Waals surface area contributed by atoms with Crippen molar-refractivity contribution < 1.29 is 19.4 Å². The van der Waals surface area contributed by atoms with Gasteiger partial charge in [-0.25, -0.2) is 0 Å². The van der Waals surface area contributed by atoms with Crippen molar-refractivity contribution in [3.8, 4) is 11.5 Å². The highest BCUT2D eigenvalue weighted by Crippen LogP contribution is 2.17. The number of carbonyl (C=O) groups excluding carboxylic acids is 1. The highest BCUT2D eigenvalue weighted by molar-refractivity contribution is 5.94. The van der Waals surface area contributed by atoms with Crippen LogP contribution in [0.1, 0.15) is 15.9 Å². The predicted molar refractivity (Wildman–Crippen MR) is 88.0 cm³/mol. The Morgan fingerprint density at radius 3 is 2.30 bits per heavy atom. The number of nitrogens with one attached hydrogen (secondary N) is 1. The summed E-state index contributed by atoms with van der Waals surface area (Å²) in [6, 6.07) is 14.3. The summed E-state index contributed by atoms with van der Waals surface area (Å²) in [4.78, 5) is 11.9. The Balaban J connectivity index is 1.74. The number of amides is 1. The zero-order valence-corrected chi connectivity index (χ0v) is 13.3. The molecule has 0 spiro atoms. The van der Waals surface area contributed by atoms with Gasteiger partial charge in [-0.3, -0.25) is 4.79 Å². The number of aryl methyl sites for hydroxylation is 1. The molecule has 23 heavy (non-hydrogen) atoms. The maximum atomic E-state index is 11.9. The summed E-state index contributed by atoms with van der Waals surface area (Å²) in [6.07, 6.45) is -0.786. The van der Waals surface area contributed by atoms with Crippen LogP contribution in [-0.2, 0) is 0 Å². The van der Waals surface area contributed by atoms with Crippen LogP contribution < -0.4 is 14.8 Å². The third kappa shape index (κ3) is 5.30. The van der Waals surface area contributed by atoms with Gasteiger partial charge in [-0.05, 0) is 43.3 Å². The lowest BCUT2D eigenvalue weighted by Gasteiger charge is -2.13. The van der Waals surface area contributed by atoms with Crippen molar-refractivity contribution in [1.82, 2.24) is 5.32 Å². The molecule has 5 nitrogen and oxygen atoms in total. The monoisotopic (exact) mass is 315 g/mol. The van der Waals surface area contributed by atoms with Crippen molar-refractivity contribution in [2.24, 2.45) is 0 Å². The maximum Gasteiger partial charge on any atom is 0.251 e. The minimum atomic E-state index is -0.786. The van der Waals surface area contributed by atoms with E-state index in [2.05, 4.69) is 5.32 Å². The molecule has 0 bridgehead atoms. The van der Waals surface area contributed by atoms with E-state index in [1.807, 2.05) is 19.1 Å². The van der Waals surface area contributed by atoms with E-state index in [0.717, 1.165) is 11.3 Å². The topological polar surface area (TPSA) is 67.8 Å². The highest BCUT2D eigenvalue weighted by atomic mass is 16.5. The molecule has 5 heteroatoms. The predicted octanol–water partition coefficient (Wildman–Crippen LogP) is 2.17. The van der Waals surface area contributed by atoms with Gasteiger partial charge in [0, 0.05) is 12.1 Å². The van der Waals surface area contributed by atoms with Gasteiger partial charge in [-0.2, -0.15) is 0 Å². The third-order valence-corrected chi connectivity index (χ3v) is 3.31. The molecule has 0 saturated heterocycles. The zero-order chi connectivity index (χ0) is 16.7. The maximum absolute atomic E-state index is 11.9. The number of aliphatic hydroxyl groups excluding tert-OH is 1. The van der Waals surface area contributed by atoms with E-state index in [1.165, 1.54) is 0 Å². The molecule has 0 aromatic heterocycles. The second kappa shape index (κ2) is 8.19. The van der Waals surface area contributed by atoms with Crippen LogP contribution in [0.4, 0.5) is 0 Å². The lowest BCUT2D eigenvalue weighted by atomic mass is 10.1. The first-order chi connectivity index (χ1) is 11.1. The molecule has 0 radical (unpaired) electrons. The number of hydrogen-bond acceptors (Lipinski definition) is 4. The van der Waals surface area contributed by atoms with E-state index in [1.54, 1.807) is 43.5 Å². The number of ether oxygens (including phenoxy) is 2. The second-order valence-corrected chi connectivity index (χ2v) is 5.22. The lowest BCUT2D eigenvalue weighted by Crippen LogP contribution is -2.35. The molecule has 0 heterocycles. The van der Waals surface area contributed by atoms with Crippen LogP contribution >= 0.6 is 0 Å². The number of carbonyl (C=O) groups is 1. The fourth-order valence-electron chi connectivity index (χ4n) is 1.94. The average Bonchev–Trinajstić information content (AvgIpc) is 2.59. The summed E-state index contributed by atoms with van der Waals surface area (Å²) in [5.74, 6) is 1.16. The number of benzene rings is 2. The Labute approximate surface area is 135 Å². The average molecular weight is 315 g/mol. The summed E-state index contributed by atoms with van der Waals surface area (Å²) >= 11 is 0. The van der Waals surface area contributed by atoms with Gasteiger partial charge in [-0.1, -0.05) is 17.7 Å². The first-order valence-corrected chi connectivity index (χ1v) is 7.38. The molecule has 0 saturated carbocycles. The van der Waals surface area contributed by atoms with Gasteiger partial charge >= 0.3 is 0 Å². The van der Waals surface area contributed by atoms with E-state index < -0.39 is 6.10 Å².